The molecule has 0 aliphatic rings. The van der Waals surface area contributed by atoms with Crippen LogP contribution in [0.15, 0.2) is 12.4 Å². The molecule has 5 heteroatoms. The summed E-state index contributed by atoms with van der Waals surface area (Å²) >= 11 is 0. The lowest BCUT2D eigenvalue weighted by molar-refractivity contribution is -0.150. The summed E-state index contributed by atoms with van der Waals surface area (Å²) in [4.78, 5) is 12.1. The topological polar surface area (TPSA) is 56.2 Å². The van der Waals surface area contributed by atoms with Gasteiger partial charge in [-0.25, -0.2) is 0 Å². The maximum absolute atomic E-state index is 12.1. The van der Waals surface area contributed by atoms with E-state index >= 15 is 0 Å². The van der Waals surface area contributed by atoms with Gasteiger partial charge < -0.3 is 10.1 Å². The smallest absolute Gasteiger partial charge is 0.323 e. The number of hydrogen-bond donors (Lipinski definition) is 1. The van der Waals surface area contributed by atoms with Crippen LogP contribution in [0.2, 0.25) is 0 Å². The minimum absolute atomic E-state index is 0.0817. The van der Waals surface area contributed by atoms with Crippen molar-refractivity contribution in [3.8, 4) is 0 Å². The molecule has 114 valence electrons. The molecule has 1 N–H and O–H groups in total. The quantitative estimate of drug-likeness (QED) is 0.743. The Bertz CT molecular complexity index is 413. The molecule has 0 unspecified atom stereocenters. The maximum Gasteiger partial charge on any atom is 0.323 e. The number of nitrogens with zero attached hydrogens (tertiary/aromatic N) is 2. The van der Waals surface area contributed by atoms with Gasteiger partial charge in [0.05, 0.1) is 12.3 Å². The SMILES string of the molecule is CCn1cc(CN[C@@H](CC(C)C)C(=O)OC(C)C)cn1. The molecule has 0 bridgehead atoms. The van der Waals surface area contributed by atoms with E-state index in [1.165, 1.54) is 0 Å². The van der Waals surface area contributed by atoms with Crippen molar-refractivity contribution in [3.63, 3.8) is 0 Å². The van der Waals surface area contributed by atoms with Crippen LogP contribution in [0, 0.1) is 5.92 Å². The van der Waals surface area contributed by atoms with Gasteiger partial charge in [-0.15, -0.1) is 0 Å². The molecular weight excluding hydrogens is 254 g/mol. The molecule has 0 aromatic carbocycles. The van der Waals surface area contributed by atoms with Crippen molar-refractivity contribution in [2.24, 2.45) is 5.92 Å². The van der Waals surface area contributed by atoms with Crippen molar-refractivity contribution in [1.29, 1.82) is 0 Å². The average molecular weight is 281 g/mol. The van der Waals surface area contributed by atoms with Gasteiger partial charge in [0.2, 0.25) is 0 Å². The number of carbonyl (C=O) groups excluding carboxylic acids is 1. The third-order valence-corrected chi connectivity index (χ3v) is 2.91. The van der Waals surface area contributed by atoms with Crippen LogP contribution < -0.4 is 5.32 Å². The van der Waals surface area contributed by atoms with Crippen LogP contribution in [0.3, 0.4) is 0 Å². The van der Waals surface area contributed by atoms with Gasteiger partial charge in [-0.1, -0.05) is 13.8 Å². The first kappa shape index (κ1) is 16.7. The van der Waals surface area contributed by atoms with E-state index in [0.29, 0.717) is 12.5 Å². The highest BCUT2D eigenvalue weighted by atomic mass is 16.5. The molecule has 1 aromatic heterocycles. The molecule has 1 rings (SSSR count). The molecule has 0 aliphatic heterocycles. The average Bonchev–Trinajstić information content (AvgIpc) is 2.81. The first-order chi connectivity index (χ1) is 9.42. The van der Waals surface area contributed by atoms with Crippen LogP contribution in [0.4, 0.5) is 0 Å². The van der Waals surface area contributed by atoms with Gasteiger partial charge in [-0.05, 0) is 33.1 Å². The Morgan fingerprint density at radius 1 is 1.40 bits per heavy atom. The van der Waals surface area contributed by atoms with Crippen LogP contribution in [0.1, 0.15) is 46.6 Å². The molecule has 0 spiro atoms. The first-order valence-corrected chi connectivity index (χ1v) is 7.37. The van der Waals surface area contributed by atoms with Gasteiger partial charge in [0.1, 0.15) is 6.04 Å². The highest BCUT2D eigenvalue weighted by Gasteiger charge is 2.21. The molecular formula is C15H27N3O2. The Hall–Kier alpha value is -1.36. The van der Waals surface area contributed by atoms with E-state index in [1.807, 2.05) is 37.8 Å². The van der Waals surface area contributed by atoms with Gasteiger partial charge in [0.15, 0.2) is 0 Å². The highest BCUT2D eigenvalue weighted by molar-refractivity contribution is 5.75. The van der Waals surface area contributed by atoms with Crippen molar-refractivity contribution in [1.82, 2.24) is 15.1 Å². The van der Waals surface area contributed by atoms with Crippen molar-refractivity contribution in [3.05, 3.63) is 18.0 Å². The number of ether oxygens (including phenoxy) is 1. The van der Waals surface area contributed by atoms with Crippen molar-refractivity contribution in [2.75, 3.05) is 0 Å². The van der Waals surface area contributed by atoms with Crippen LogP contribution in [-0.2, 0) is 22.6 Å². The zero-order valence-corrected chi connectivity index (χ0v) is 13.2. The maximum atomic E-state index is 12.1. The molecule has 1 atom stereocenters. The lowest BCUT2D eigenvalue weighted by Crippen LogP contribution is -2.39. The van der Waals surface area contributed by atoms with Gasteiger partial charge in [-0.2, -0.15) is 5.10 Å². The Kier molecular flexibility index (Phi) is 6.71. The Balaban J connectivity index is 2.57. The largest absolute Gasteiger partial charge is 0.462 e. The molecule has 0 saturated heterocycles. The Labute approximate surface area is 121 Å². The van der Waals surface area contributed by atoms with Crippen LogP contribution in [0.25, 0.3) is 0 Å². The molecule has 1 aromatic rings. The molecule has 5 nitrogen and oxygen atoms in total. The summed E-state index contributed by atoms with van der Waals surface area (Å²) in [6.07, 6.45) is 4.51. The molecule has 20 heavy (non-hydrogen) atoms. The van der Waals surface area contributed by atoms with Crippen LogP contribution in [0.5, 0.6) is 0 Å². The second-order valence-corrected chi connectivity index (χ2v) is 5.75. The molecule has 0 aliphatic carbocycles. The lowest BCUT2D eigenvalue weighted by atomic mass is 10.0. The van der Waals surface area contributed by atoms with Gasteiger partial charge >= 0.3 is 5.97 Å². The number of esters is 1. The third-order valence-electron chi connectivity index (χ3n) is 2.91. The summed E-state index contributed by atoms with van der Waals surface area (Å²) < 4.78 is 7.18. The van der Waals surface area contributed by atoms with E-state index in [4.69, 9.17) is 4.74 Å². The molecule has 0 saturated carbocycles. The van der Waals surface area contributed by atoms with E-state index in [-0.39, 0.29) is 18.1 Å². The second kappa shape index (κ2) is 8.04. The zero-order valence-electron chi connectivity index (χ0n) is 13.2. The fraction of sp³-hybridized carbons (Fsp3) is 0.733. The number of hydrogen-bond acceptors (Lipinski definition) is 4. The summed E-state index contributed by atoms with van der Waals surface area (Å²) in [5.41, 5.74) is 1.08. The number of nitrogens with one attached hydrogen (secondary N) is 1. The van der Waals surface area contributed by atoms with Crippen molar-refractivity contribution in [2.45, 2.75) is 66.3 Å². The van der Waals surface area contributed by atoms with Gasteiger partial charge in [0.25, 0.3) is 0 Å². The predicted molar refractivity (Wildman–Crippen MR) is 79.2 cm³/mol. The van der Waals surface area contributed by atoms with Crippen molar-refractivity contribution < 1.29 is 9.53 Å². The predicted octanol–water partition coefficient (Wildman–Crippen LogP) is 2.36. The molecule has 0 fully saturated rings. The number of rotatable bonds is 8. The zero-order chi connectivity index (χ0) is 15.1. The Morgan fingerprint density at radius 2 is 2.10 bits per heavy atom. The molecule has 1 heterocycles. The summed E-state index contributed by atoms with van der Waals surface area (Å²) in [5, 5.41) is 7.51. The standard InChI is InChI=1S/C15H27N3O2/c1-6-18-10-13(9-17-18)8-16-14(7-11(2)3)15(19)20-12(4)5/h9-12,14,16H,6-8H2,1-5H3/t14-/m0/s1. The summed E-state index contributed by atoms with van der Waals surface area (Å²) in [7, 11) is 0. The monoisotopic (exact) mass is 281 g/mol. The molecule has 0 radical (unpaired) electrons. The third kappa shape index (κ3) is 5.74. The highest BCUT2D eigenvalue weighted by Crippen LogP contribution is 2.09. The minimum atomic E-state index is -0.262. The van der Waals surface area contributed by atoms with Crippen LogP contribution in [-0.4, -0.2) is 27.9 Å². The first-order valence-electron chi connectivity index (χ1n) is 7.37. The summed E-state index contributed by atoms with van der Waals surface area (Å²) in [5.74, 6) is 0.266. The second-order valence-electron chi connectivity index (χ2n) is 5.75. The van der Waals surface area contributed by atoms with E-state index in [2.05, 4.69) is 24.3 Å². The Morgan fingerprint density at radius 3 is 2.60 bits per heavy atom. The van der Waals surface area contributed by atoms with E-state index < -0.39 is 0 Å². The van der Waals surface area contributed by atoms with E-state index in [1.54, 1.807) is 0 Å². The lowest BCUT2D eigenvalue weighted by Gasteiger charge is -2.20. The number of aromatic nitrogens is 2. The fourth-order valence-electron chi connectivity index (χ4n) is 1.96. The van der Waals surface area contributed by atoms with Gasteiger partial charge in [0, 0.05) is 24.8 Å². The fourth-order valence-corrected chi connectivity index (χ4v) is 1.96. The summed E-state index contributed by atoms with van der Waals surface area (Å²) in [6.45, 7) is 11.5. The van der Waals surface area contributed by atoms with E-state index in [0.717, 1.165) is 18.5 Å². The number of carbonyl (C=O) groups is 1. The molecule has 0 amide bonds. The summed E-state index contributed by atoms with van der Waals surface area (Å²) in [6, 6.07) is -0.262. The number of aryl methyl sites for hydroxylation is 1. The van der Waals surface area contributed by atoms with Crippen molar-refractivity contribution >= 4 is 5.97 Å². The van der Waals surface area contributed by atoms with Crippen LogP contribution >= 0.6 is 0 Å². The normalized spacial score (nSPS) is 12.9. The van der Waals surface area contributed by atoms with E-state index in [9.17, 15) is 4.79 Å². The van der Waals surface area contributed by atoms with Gasteiger partial charge in [-0.3, -0.25) is 9.48 Å². The minimum Gasteiger partial charge on any atom is -0.462 e.